The molecule has 1 amide bonds. The minimum atomic E-state index is -3.89. The summed E-state index contributed by atoms with van der Waals surface area (Å²) < 4.78 is 45.8. The van der Waals surface area contributed by atoms with Crippen LogP contribution >= 0.6 is 0 Å². The number of nitrogens with two attached hydrogens (primary N) is 1. The van der Waals surface area contributed by atoms with Gasteiger partial charge in [-0.25, -0.2) is 22.0 Å². The molecule has 114 valence electrons. The van der Waals surface area contributed by atoms with Gasteiger partial charge in [0, 0.05) is 25.5 Å². The lowest BCUT2D eigenvalue weighted by atomic mass is 10.4. The van der Waals surface area contributed by atoms with E-state index in [4.69, 9.17) is 5.14 Å². The summed E-state index contributed by atoms with van der Waals surface area (Å²) in [7, 11) is -7.06. The first kappa shape index (κ1) is 16.7. The van der Waals surface area contributed by atoms with Crippen molar-refractivity contribution in [3.63, 3.8) is 0 Å². The Labute approximate surface area is 117 Å². The molecule has 1 rings (SSSR count). The molecule has 1 aromatic heterocycles. The van der Waals surface area contributed by atoms with Crippen molar-refractivity contribution >= 4 is 25.8 Å². The van der Waals surface area contributed by atoms with Crippen molar-refractivity contribution in [2.45, 2.75) is 18.4 Å². The fourth-order valence-corrected chi connectivity index (χ4v) is 2.55. The highest BCUT2D eigenvalue weighted by atomic mass is 32.2. The summed E-state index contributed by atoms with van der Waals surface area (Å²) in [6, 6.07) is 1.16. The number of carbonyl (C=O) groups excluding carboxylic acids is 1. The predicted octanol–water partition coefficient (Wildman–Crippen LogP) is -1.07. The second-order valence-electron chi connectivity index (χ2n) is 4.28. The first-order valence-corrected chi connectivity index (χ1v) is 9.34. The molecule has 0 fully saturated rings. The lowest BCUT2D eigenvalue weighted by Gasteiger charge is -2.06. The second-order valence-corrected chi connectivity index (χ2v) is 8.10. The van der Waals surface area contributed by atoms with Crippen molar-refractivity contribution in [1.82, 2.24) is 9.88 Å². The molecule has 0 aliphatic carbocycles. The quantitative estimate of drug-likeness (QED) is 0.689. The topological polar surface area (TPSA) is 128 Å². The smallest absolute Gasteiger partial charge is 0.267 e. The predicted molar refractivity (Wildman–Crippen MR) is 73.5 cm³/mol. The molecule has 0 atom stereocenters. The van der Waals surface area contributed by atoms with Crippen LogP contribution in [0.25, 0.3) is 0 Å². The van der Waals surface area contributed by atoms with Gasteiger partial charge in [0.1, 0.15) is 20.4 Å². The van der Waals surface area contributed by atoms with E-state index in [0.717, 1.165) is 12.3 Å². The minimum Gasteiger partial charge on any atom is -0.350 e. The van der Waals surface area contributed by atoms with Gasteiger partial charge < -0.3 is 9.88 Å². The zero-order valence-corrected chi connectivity index (χ0v) is 12.8. The number of primary sulfonamides is 1. The fourth-order valence-electron chi connectivity index (χ4n) is 1.53. The van der Waals surface area contributed by atoms with Crippen molar-refractivity contribution in [2.75, 3.05) is 18.6 Å². The van der Waals surface area contributed by atoms with Gasteiger partial charge in [0.2, 0.25) is 10.0 Å². The Balaban J connectivity index is 2.90. The number of aryl methyl sites for hydroxylation is 1. The van der Waals surface area contributed by atoms with E-state index in [1.165, 1.54) is 10.8 Å². The van der Waals surface area contributed by atoms with E-state index in [9.17, 15) is 21.6 Å². The van der Waals surface area contributed by atoms with Gasteiger partial charge in [-0.05, 0) is 13.0 Å². The maximum Gasteiger partial charge on any atom is 0.267 e. The molecule has 10 heteroatoms. The Hall–Kier alpha value is -1.39. The van der Waals surface area contributed by atoms with Crippen LogP contribution in [-0.2, 0) is 26.4 Å². The normalized spacial score (nSPS) is 12.3. The number of sulfonamides is 1. The van der Waals surface area contributed by atoms with E-state index < -0.39 is 25.8 Å². The molecule has 0 saturated heterocycles. The highest BCUT2D eigenvalue weighted by Gasteiger charge is 2.18. The average Bonchev–Trinajstić information content (AvgIpc) is 2.70. The summed E-state index contributed by atoms with van der Waals surface area (Å²) in [4.78, 5) is 11.7. The standard InChI is InChI=1S/C10H17N3O5S2/c1-3-13-7-8(20(11,17)18)6-9(13)10(14)12-4-5-19(2,15)16/h6-7H,3-5H2,1-2H3,(H,12,14)(H2,11,17,18). The van der Waals surface area contributed by atoms with Crippen LogP contribution in [0.15, 0.2) is 17.2 Å². The highest BCUT2D eigenvalue weighted by Crippen LogP contribution is 2.13. The van der Waals surface area contributed by atoms with Gasteiger partial charge >= 0.3 is 0 Å². The van der Waals surface area contributed by atoms with Crippen LogP contribution in [0.3, 0.4) is 0 Å². The first-order chi connectivity index (χ1) is 9.04. The fraction of sp³-hybridized carbons (Fsp3) is 0.500. The molecule has 20 heavy (non-hydrogen) atoms. The van der Waals surface area contributed by atoms with E-state index in [1.54, 1.807) is 6.92 Å². The largest absolute Gasteiger partial charge is 0.350 e. The molecule has 0 aliphatic rings. The molecule has 0 saturated carbocycles. The third-order valence-corrected chi connectivity index (χ3v) is 4.36. The van der Waals surface area contributed by atoms with Gasteiger partial charge in [-0.1, -0.05) is 0 Å². The Morgan fingerprint density at radius 1 is 1.35 bits per heavy atom. The summed E-state index contributed by atoms with van der Waals surface area (Å²) in [5, 5.41) is 7.42. The Morgan fingerprint density at radius 2 is 1.95 bits per heavy atom. The zero-order chi connectivity index (χ0) is 15.6. The van der Waals surface area contributed by atoms with Crippen LogP contribution in [-0.4, -0.2) is 45.9 Å². The number of nitrogens with one attached hydrogen (secondary N) is 1. The van der Waals surface area contributed by atoms with Gasteiger partial charge in [0.05, 0.1) is 5.75 Å². The minimum absolute atomic E-state index is 0.0444. The van der Waals surface area contributed by atoms with Gasteiger partial charge in [0.15, 0.2) is 0 Å². The summed E-state index contributed by atoms with van der Waals surface area (Å²) in [5.74, 6) is -0.737. The van der Waals surface area contributed by atoms with E-state index in [-0.39, 0.29) is 22.9 Å². The summed E-state index contributed by atoms with van der Waals surface area (Å²) in [5.41, 5.74) is 0.116. The molecule has 8 nitrogen and oxygen atoms in total. The van der Waals surface area contributed by atoms with Crippen LogP contribution in [0.1, 0.15) is 17.4 Å². The number of carbonyl (C=O) groups is 1. The molecule has 0 spiro atoms. The van der Waals surface area contributed by atoms with Gasteiger partial charge in [-0.15, -0.1) is 0 Å². The number of sulfone groups is 1. The Bertz CT molecular complexity index is 703. The summed E-state index contributed by atoms with van der Waals surface area (Å²) in [6.07, 6.45) is 2.33. The van der Waals surface area contributed by atoms with Crippen molar-refractivity contribution in [3.05, 3.63) is 18.0 Å². The number of hydrogen-bond donors (Lipinski definition) is 2. The summed E-state index contributed by atoms with van der Waals surface area (Å²) in [6.45, 7) is 2.07. The summed E-state index contributed by atoms with van der Waals surface area (Å²) >= 11 is 0. The molecule has 0 unspecified atom stereocenters. The molecule has 1 aromatic rings. The monoisotopic (exact) mass is 323 g/mol. The lowest BCUT2D eigenvalue weighted by molar-refractivity contribution is 0.0947. The number of amides is 1. The third kappa shape index (κ3) is 4.62. The van der Waals surface area contributed by atoms with Crippen molar-refractivity contribution in [3.8, 4) is 0 Å². The molecule has 0 radical (unpaired) electrons. The number of rotatable bonds is 6. The maximum absolute atomic E-state index is 11.9. The van der Waals surface area contributed by atoms with E-state index in [0.29, 0.717) is 6.54 Å². The van der Waals surface area contributed by atoms with Gasteiger partial charge in [-0.2, -0.15) is 0 Å². The van der Waals surface area contributed by atoms with E-state index in [2.05, 4.69) is 5.32 Å². The average molecular weight is 323 g/mol. The molecule has 0 bridgehead atoms. The molecular formula is C10H17N3O5S2. The SMILES string of the molecule is CCn1cc(S(N)(=O)=O)cc1C(=O)NCCS(C)(=O)=O. The highest BCUT2D eigenvalue weighted by molar-refractivity contribution is 7.90. The lowest BCUT2D eigenvalue weighted by Crippen LogP contribution is -2.30. The van der Waals surface area contributed by atoms with Crippen LogP contribution in [0.2, 0.25) is 0 Å². The third-order valence-electron chi connectivity index (χ3n) is 2.53. The van der Waals surface area contributed by atoms with Crippen LogP contribution in [0.4, 0.5) is 0 Å². The molecule has 3 N–H and O–H groups in total. The van der Waals surface area contributed by atoms with Gasteiger partial charge in [0.25, 0.3) is 5.91 Å². The van der Waals surface area contributed by atoms with Crippen LogP contribution in [0.5, 0.6) is 0 Å². The number of hydrogen-bond acceptors (Lipinski definition) is 5. The van der Waals surface area contributed by atoms with Crippen molar-refractivity contribution < 1.29 is 21.6 Å². The molecule has 0 aromatic carbocycles. The van der Waals surface area contributed by atoms with Crippen LogP contribution < -0.4 is 10.5 Å². The zero-order valence-electron chi connectivity index (χ0n) is 11.2. The Morgan fingerprint density at radius 3 is 2.40 bits per heavy atom. The Kier molecular flexibility index (Phi) is 4.95. The van der Waals surface area contributed by atoms with Crippen LogP contribution in [0, 0.1) is 0 Å². The number of aromatic nitrogens is 1. The van der Waals surface area contributed by atoms with E-state index >= 15 is 0 Å². The van der Waals surface area contributed by atoms with Crippen molar-refractivity contribution in [2.24, 2.45) is 5.14 Å². The van der Waals surface area contributed by atoms with Crippen molar-refractivity contribution in [1.29, 1.82) is 0 Å². The first-order valence-electron chi connectivity index (χ1n) is 5.73. The second kappa shape index (κ2) is 5.94. The van der Waals surface area contributed by atoms with Gasteiger partial charge in [-0.3, -0.25) is 4.79 Å². The number of nitrogens with zero attached hydrogens (tertiary/aromatic N) is 1. The van der Waals surface area contributed by atoms with E-state index in [1.807, 2.05) is 0 Å². The molecule has 1 heterocycles. The molecule has 0 aliphatic heterocycles. The molecular weight excluding hydrogens is 306 g/mol. The maximum atomic E-state index is 11.9.